The first kappa shape index (κ1) is 28.2. The van der Waals surface area contributed by atoms with Gasteiger partial charge in [-0.3, -0.25) is 0 Å². The lowest BCUT2D eigenvalue weighted by molar-refractivity contribution is 0.256. The van der Waals surface area contributed by atoms with E-state index in [1.54, 1.807) is 0 Å². The van der Waals surface area contributed by atoms with Crippen molar-refractivity contribution < 1.29 is 24.0 Å². The van der Waals surface area contributed by atoms with Crippen molar-refractivity contribution in [1.82, 2.24) is 18.5 Å². The molecule has 0 atom stereocenters. The highest BCUT2D eigenvalue weighted by Crippen LogP contribution is 2.25. The highest BCUT2D eigenvalue weighted by Gasteiger charge is 2.00. The van der Waals surface area contributed by atoms with E-state index in [-0.39, 0.29) is 18.5 Å². The van der Waals surface area contributed by atoms with Crippen LogP contribution in [0.1, 0.15) is 0 Å². The van der Waals surface area contributed by atoms with Crippen LogP contribution < -0.4 is 29.9 Å². The Morgan fingerprint density at radius 2 is 0.909 bits per heavy atom. The van der Waals surface area contributed by atoms with Crippen molar-refractivity contribution in [3.05, 3.63) is 48.5 Å². The third-order valence-electron chi connectivity index (χ3n) is 1.66. The Labute approximate surface area is 128 Å². The maximum absolute atomic E-state index is 9.00. The van der Waals surface area contributed by atoms with Gasteiger partial charge in [-0.1, -0.05) is 48.5 Å². The Bertz CT molecular complexity index is 500. The van der Waals surface area contributed by atoms with E-state index >= 15 is 0 Å². The molecule has 128 valence electrons. The van der Waals surface area contributed by atoms with Gasteiger partial charge in [0.2, 0.25) is 0 Å². The molecule has 0 bridgehead atoms. The average molecular weight is 337 g/mol. The summed E-state index contributed by atoms with van der Waals surface area (Å²) in [4.78, 5) is 30.6. The Kier molecular flexibility index (Phi) is 17.8. The summed E-state index contributed by atoms with van der Waals surface area (Å²) in [5, 5.41) is 2.62. The summed E-state index contributed by atoms with van der Waals surface area (Å²) >= 11 is 0. The first-order chi connectivity index (χ1) is 8.70. The molecule has 0 aliphatic heterocycles. The van der Waals surface area contributed by atoms with Gasteiger partial charge in [0.25, 0.3) is 0 Å². The van der Waals surface area contributed by atoms with E-state index in [2.05, 4.69) is 60.0 Å². The van der Waals surface area contributed by atoms with E-state index < -0.39 is 13.9 Å². The van der Waals surface area contributed by atoms with E-state index in [9.17, 15) is 0 Å². The molecule has 0 spiro atoms. The molecular weight excluding hydrogens is 313 g/mol. The van der Waals surface area contributed by atoms with Gasteiger partial charge < -0.3 is 44.6 Å². The van der Waals surface area contributed by atoms with Crippen molar-refractivity contribution >= 4 is 24.6 Å². The summed E-state index contributed by atoms with van der Waals surface area (Å²) in [6.45, 7) is 0. The summed E-state index contributed by atoms with van der Waals surface area (Å²) in [5.74, 6) is 0. The minimum Gasteiger partial charge on any atom is -0.352 e. The van der Waals surface area contributed by atoms with Gasteiger partial charge >= 0.3 is 13.9 Å². The van der Waals surface area contributed by atoms with E-state index in [1.807, 2.05) is 0 Å². The maximum atomic E-state index is 9.00. The quantitative estimate of drug-likeness (QED) is 0.325. The zero-order chi connectivity index (χ0) is 14.9. The molecule has 0 saturated carbocycles. The zero-order valence-corrected chi connectivity index (χ0v) is 12.9. The Morgan fingerprint density at radius 1 is 0.773 bits per heavy atom. The number of amides is 2. The second-order valence-corrected chi connectivity index (χ2v) is 4.29. The van der Waals surface area contributed by atoms with E-state index in [0.717, 1.165) is 0 Å². The molecule has 2 rings (SSSR count). The summed E-state index contributed by atoms with van der Waals surface area (Å²) in [6.07, 6.45) is 0. The van der Waals surface area contributed by atoms with Gasteiger partial charge in [0.15, 0.2) is 0 Å². The van der Waals surface area contributed by atoms with Crippen LogP contribution in [0.4, 0.5) is 4.79 Å². The van der Waals surface area contributed by atoms with Crippen LogP contribution >= 0.6 is 7.82 Å². The molecule has 0 radical (unpaired) electrons. The molecule has 2 aromatic rings. The average Bonchev–Trinajstić information content (AvgIpc) is 2.26. The predicted molar refractivity (Wildman–Crippen MR) is 87.0 cm³/mol. The number of phosphoric acid groups is 1. The summed E-state index contributed by atoms with van der Waals surface area (Å²) < 4.78 is 8.88. The number of nitrogens with two attached hydrogens (primary N) is 2. The number of hydrogen-bond acceptors (Lipinski definition) is 5. The number of rotatable bonds is 0. The van der Waals surface area contributed by atoms with Crippen molar-refractivity contribution in [3.63, 3.8) is 0 Å². The predicted octanol–water partition coefficient (Wildman–Crippen LogP) is 1.42. The highest BCUT2D eigenvalue weighted by atomic mass is 31.2. The molecular formula is C11H24N5O5P. The van der Waals surface area contributed by atoms with E-state index in [1.165, 1.54) is 10.8 Å². The summed E-state index contributed by atoms with van der Waals surface area (Å²) in [5.41, 5.74) is 8.50. The SMILES string of the molecule is N.N.N.NC(N)=O.O=P(O)(O)O.c1ccc2ccccc2c1. The Hall–Kier alpha value is -2.04. The van der Waals surface area contributed by atoms with E-state index in [0.29, 0.717) is 0 Å². The normalized spacial score (nSPS) is 8.32. The fraction of sp³-hybridized carbons (Fsp3) is 0. The molecule has 22 heavy (non-hydrogen) atoms. The molecule has 16 N–H and O–H groups in total. The highest BCUT2D eigenvalue weighted by molar-refractivity contribution is 7.45. The minimum atomic E-state index is -4.64. The van der Waals surface area contributed by atoms with E-state index in [4.69, 9.17) is 24.0 Å². The fourth-order valence-corrected chi connectivity index (χ4v) is 1.13. The molecule has 0 aromatic heterocycles. The third-order valence-corrected chi connectivity index (χ3v) is 1.66. The van der Waals surface area contributed by atoms with Crippen LogP contribution in [0.15, 0.2) is 48.5 Å². The maximum Gasteiger partial charge on any atom is 0.466 e. The van der Waals surface area contributed by atoms with Gasteiger partial charge in [-0.25, -0.2) is 9.36 Å². The number of carbonyl (C=O) groups is 1. The molecule has 10 nitrogen and oxygen atoms in total. The van der Waals surface area contributed by atoms with Crippen LogP contribution in [0, 0.1) is 0 Å². The Balaban J connectivity index is -0.000000119. The topological polar surface area (TPSA) is 252 Å². The smallest absolute Gasteiger partial charge is 0.352 e. The van der Waals surface area contributed by atoms with Gasteiger partial charge in [-0.15, -0.1) is 0 Å². The van der Waals surface area contributed by atoms with Crippen LogP contribution in [0.3, 0.4) is 0 Å². The fourth-order valence-electron chi connectivity index (χ4n) is 1.13. The van der Waals surface area contributed by atoms with Crippen molar-refractivity contribution in [3.8, 4) is 0 Å². The molecule has 0 aliphatic carbocycles. The lowest BCUT2D eigenvalue weighted by Gasteiger charge is -1.92. The van der Waals surface area contributed by atoms with Crippen molar-refractivity contribution in [2.75, 3.05) is 0 Å². The van der Waals surface area contributed by atoms with Crippen molar-refractivity contribution in [2.24, 2.45) is 11.5 Å². The molecule has 0 aliphatic rings. The van der Waals surface area contributed by atoms with Gasteiger partial charge in [0.1, 0.15) is 0 Å². The number of carbonyl (C=O) groups excluding carboxylic acids is 1. The first-order valence-electron chi connectivity index (χ1n) is 4.97. The third kappa shape index (κ3) is 20.3. The molecule has 11 heteroatoms. The largest absolute Gasteiger partial charge is 0.466 e. The lowest BCUT2D eigenvalue weighted by Crippen LogP contribution is -2.18. The molecule has 0 fully saturated rings. The second-order valence-electron chi connectivity index (χ2n) is 3.26. The summed E-state index contributed by atoms with van der Waals surface area (Å²) in [6, 6.07) is 15.9. The zero-order valence-electron chi connectivity index (χ0n) is 12.0. The number of urea groups is 1. The van der Waals surface area contributed by atoms with Gasteiger partial charge in [0.05, 0.1) is 0 Å². The molecule has 0 saturated heterocycles. The lowest BCUT2D eigenvalue weighted by atomic mass is 10.1. The summed E-state index contributed by atoms with van der Waals surface area (Å²) in [7, 11) is -4.64. The molecule has 0 heterocycles. The van der Waals surface area contributed by atoms with Crippen molar-refractivity contribution in [1.29, 1.82) is 0 Å². The minimum absolute atomic E-state index is 0. The molecule has 2 amide bonds. The van der Waals surface area contributed by atoms with Crippen LogP contribution in [0.2, 0.25) is 0 Å². The van der Waals surface area contributed by atoms with Gasteiger partial charge in [0, 0.05) is 0 Å². The van der Waals surface area contributed by atoms with Crippen LogP contribution in [-0.4, -0.2) is 20.7 Å². The number of hydrogen-bond donors (Lipinski definition) is 8. The number of fused-ring (bicyclic) bond motifs is 1. The van der Waals surface area contributed by atoms with Crippen molar-refractivity contribution in [2.45, 2.75) is 0 Å². The van der Waals surface area contributed by atoms with Gasteiger partial charge in [-0.05, 0) is 10.8 Å². The van der Waals surface area contributed by atoms with Crippen LogP contribution in [0.25, 0.3) is 10.8 Å². The van der Waals surface area contributed by atoms with Crippen LogP contribution in [-0.2, 0) is 4.57 Å². The molecule has 2 aromatic carbocycles. The Morgan fingerprint density at radius 3 is 1.05 bits per heavy atom. The van der Waals surface area contributed by atoms with Crippen LogP contribution in [0.5, 0.6) is 0 Å². The standard InChI is InChI=1S/C10H8.CH4N2O.3H3N.H3O4P/c1-2-6-10-8-4-3-7-9(10)5-1;2-1(3)4;;;;1-5(2,3)4/h1-8H;(H4,2,3,4);3*1H3;(H3,1,2,3,4). The first-order valence-corrected chi connectivity index (χ1v) is 6.53. The van der Waals surface area contributed by atoms with Gasteiger partial charge in [-0.2, -0.15) is 0 Å². The monoisotopic (exact) mass is 337 g/mol. The molecule has 0 unspecified atom stereocenters. The second kappa shape index (κ2) is 13.9. The number of benzene rings is 2. The number of primary amides is 2.